The first kappa shape index (κ1) is 42.2. The number of nitrogens with zero attached hydrogens (tertiary/aromatic N) is 2. The molecule has 0 aromatic rings. The third kappa shape index (κ3) is 33.1. The minimum absolute atomic E-state index is 0.118. The molecule has 0 amide bonds. The van der Waals surface area contributed by atoms with Crippen LogP contribution in [0.1, 0.15) is 128 Å². The van der Waals surface area contributed by atoms with E-state index in [1.807, 2.05) is 42.3 Å². The van der Waals surface area contributed by atoms with Crippen molar-refractivity contribution in [2.45, 2.75) is 128 Å². The maximum absolute atomic E-state index is 11.9. The van der Waals surface area contributed by atoms with Crippen LogP contribution in [0.2, 0.25) is 0 Å². The normalized spacial score (nSPS) is 15.5. The van der Waals surface area contributed by atoms with Crippen molar-refractivity contribution in [3.8, 4) is 0 Å². The second-order valence-corrected chi connectivity index (χ2v) is 18.3. The number of unbranched alkanes of at least 4 members (excludes halogenated alkanes) is 19. The Morgan fingerprint density at radius 2 is 0.595 bits per heavy atom. The summed E-state index contributed by atoms with van der Waals surface area (Å²) in [7, 11) is 4.59. The van der Waals surface area contributed by atoms with Crippen LogP contribution in [0.3, 0.4) is 0 Å². The molecule has 0 radical (unpaired) electrons. The summed E-state index contributed by atoms with van der Waals surface area (Å²) >= 11 is 0. The molecule has 0 aliphatic rings. The molecular weight excluding hydrogens is 570 g/mol. The maximum Gasteiger partial charge on any atom is 0.140 e. The lowest BCUT2D eigenvalue weighted by Gasteiger charge is -2.29. The summed E-state index contributed by atoms with van der Waals surface area (Å²) in [6.07, 6.45) is 24.9. The van der Waals surface area contributed by atoms with Crippen LogP contribution in [-0.2, 0) is 18.2 Å². The first-order valence-corrected chi connectivity index (χ1v) is 20.6. The molecule has 0 heterocycles. The van der Waals surface area contributed by atoms with Crippen LogP contribution in [0.15, 0.2) is 0 Å². The molecule has 0 fully saturated rings. The summed E-state index contributed by atoms with van der Waals surface area (Å²) in [5.74, 6) is 0. The van der Waals surface area contributed by atoms with E-state index in [1.54, 1.807) is 0 Å². The molecule has 0 aromatic heterocycles. The van der Waals surface area contributed by atoms with Gasteiger partial charge in [-0.1, -0.05) is 116 Å². The highest BCUT2D eigenvalue weighted by atomic mass is 31.2. The van der Waals surface area contributed by atoms with Gasteiger partial charge in [0.2, 0.25) is 0 Å². The molecule has 254 valence electrons. The van der Waals surface area contributed by atoms with E-state index in [0.717, 1.165) is 25.7 Å². The van der Waals surface area contributed by atoms with Gasteiger partial charge in [-0.3, -0.25) is 0 Å². The van der Waals surface area contributed by atoms with Crippen molar-refractivity contribution in [1.29, 1.82) is 0 Å². The fourth-order valence-corrected chi connectivity index (χ4v) is 7.53. The topological polar surface area (TPSA) is 98.7 Å². The number of quaternary nitrogens is 2. The zero-order valence-corrected chi connectivity index (χ0v) is 30.4. The summed E-state index contributed by atoms with van der Waals surface area (Å²) in [5.41, 5.74) is 0. The van der Waals surface area contributed by atoms with E-state index in [2.05, 4.69) is 0 Å². The molecule has 2 unspecified atom stereocenters. The molecule has 0 aliphatic heterocycles. The Kier molecular flexibility index (Phi) is 24.6. The van der Waals surface area contributed by atoms with Crippen LogP contribution in [0.5, 0.6) is 0 Å². The van der Waals surface area contributed by atoms with Crippen LogP contribution in [0, 0.1) is 0 Å². The van der Waals surface area contributed by atoms with E-state index >= 15 is 0 Å². The second-order valence-electron chi connectivity index (χ2n) is 14.4. The Balaban J connectivity index is 3.30. The molecule has 0 N–H and O–H groups in total. The van der Waals surface area contributed by atoms with Crippen LogP contribution < -0.4 is 9.79 Å². The molecule has 2 atom stereocenters. The summed E-state index contributed by atoms with van der Waals surface area (Å²) in [6, 6.07) is 0. The smallest absolute Gasteiger partial charge is 0.140 e. The van der Waals surface area contributed by atoms with Crippen molar-refractivity contribution in [3.05, 3.63) is 0 Å². The van der Waals surface area contributed by atoms with Gasteiger partial charge in [-0.2, -0.15) is 0 Å². The minimum Gasteiger partial charge on any atom is -0.778 e. The minimum atomic E-state index is -3.68. The maximum atomic E-state index is 11.9. The molecule has 10 heteroatoms. The van der Waals surface area contributed by atoms with E-state index < -0.39 is 15.2 Å². The van der Waals surface area contributed by atoms with Crippen LogP contribution >= 0.6 is 15.2 Å². The van der Waals surface area contributed by atoms with Crippen molar-refractivity contribution in [3.63, 3.8) is 0 Å². The van der Waals surface area contributed by atoms with Gasteiger partial charge in [0.25, 0.3) is 0 Å². The molecule has 0 aliphatic carbocycles. The van der Waals surface area contributed by atoms with E-state index in [1.165, 1.54) is 103 Å². The largest absolute Gasteiger partial charge is 0.778 e. The van der Waals surface area contributed by atoms with E-state index in [9.17, 15) is 18.9 Å². The lowest BCUT2D eigenvalue weighted by molar-refractivity contribution is -0.868. The first-order valence-electron chi connectivity index (χ1n) is 17.1. The lowest BCUT2D eigenvalue weighted by Crippen LogP contribution is -2.38. The van der Waals surface area contributed by atoms with Gasteiger partial charge in [0.15, 0.2) is 0 Å². The van der Waals surface area contributed by atoms with Gasteiger partial charge in [-0.05, 0) is 12.8 Å². The Bertz CT molecular complexity index is 665. The summed E-state index contributed by atoms with van der Waals surface area (Å²) in [6.45, 7) is 1.84. The summed E-state index contributed by atoms with van der Waals surface area (Å²) in [5, 5.41) is 0. The van der Waals surface area contributed by atoms with Crippen molar-refractivity contribution in [2.24, 2.45) is 0 Å². The van der Waals surface area contributed by atoms with E-state index in [-0.39, 0.29) is 12.3 Å². The van der Waals surface area contributed by atoms with Gasteiger partial charge < -0.3 is 36.9 Å². The van der Waals surface area contributed by atoms with Gasteiger partial charge in [-0.15, -0.1) is 0 Å². The van der Waals surface area contributed by atoms with Gasteiger partial charge in [0.05, 0.1) is 80.9 Å². The van der Waals surface area contributed by atoms with Crippen molar-refractivity contribution in [1.82, 2.24) is 0 Å². The Morgan fingerprint density at radius 1 is 0.405 bits per heavy atom. The van der Waals surface area contributed by atoms with Crippen LogP contribution in [0.4, 0.5) is 0 Å². The zero-order chi connectivity index (χ0) is 31.8. The van der Waals surface area contributed by atoms with Gasteiger partial charge in [0.1, 0.15) is 15.2 Å². The average Bonchev–Trinajstić information content (AvgIpc) is 2.88. The predicted octanol–water partition coefficient (Wildman–Crippen LogP) is 7.34. The van der Waals surface area contributed by atoms with Gasteiger partial charge in [-0.25, -0.2) is 0 Å². The molecular formula is C32H70N2O6P2. The van der Waals surface area contributed by atoms with Gasteiger partial charge >= 0.3 is 0 Å². The predicted molar refractivity (Wildman–Crippen MR) is 175 cm³/mol. The summed E-state index contributed by atoms with van der Waals surface area (Å²) in [4.78, 5) is 23.8. The molecule has 0 saturated carbocycles. The molecule has 0 bridgehead atoms. The third-order valence-corrected chi connectivity index (χ3v) is 10.4. The van der Waals surface area contributed by atoms with Crippen LogP contribution in [-0.4, -0.2) is 89.9 Å². The van der Waals surface area contributed by atoms with Crippen LogP contribution in [0.25, 0.3) is 0 Å². The number of hydrogen-bond acceptors (Lipinski definition) is 6. The lowest BCUT2D eigenvalue weighted by atomic mass is 10.0. The van der Waals surface area contributed by atoms with E-state index in [0.29, 0.717) is 35.3 Å². The molecule has 42 heavy (non-hydrogen) atoms. The number of rotatable bonds is 31. The van der Waals surface area contributed by atoms with Crippen molar-refractivity contribution < 1.29 is 36.9 Å². The highest BCUT2D eigenvalue weighted by molar-refractivity contribution is 7.51. The monoisotopic (exact) mass is 640 g/mol. The SMILES string of the molecule is C[N+](C)(C)CCP(=O)([O-])OCCCCCCCCCCCCCCCCCCCCCCOP(=O)([O-])CC[N+](C)(C)C. The standard InChI is InChI=1S/C32H70N2O6P2/c1-33(2,3)27-31-41(35,36)39-29-25-23-21-19-17-15-13-11-9-7-8-10-12-14-16-18-20-22-24-26-30-40-42(37,38)32-28-34(4,5)6/h7-32H2,1-6H3. The third-order valence-electron chi connectivity index (χ3n) is 7.70. The average molecular weight is 641 g/mol. The summed E-state index contributed by atoms with van der Waals surface area (Å²) < 4.78 is 35.4. The highest BCUT2D eigenvalue weighted by Crippen LogP contribution is 2.37. The molecule has 0 aromatic carbocycles. The molecule has 8 nitrogen and oxygen atoms in total. The highest BCUT2D eigenvalue weighted by Gasteiger charge is 2.16. The van der Waals surface area contributed by atoms with Crippen molar-refractivity contribution >= 4 is 15.2 Å². The Morgan fingerprint density at radius 3 is 0.786 bits per heavy atom. The van der Waals surface area contributed by atoms with E-state index in [4.69, 9.17) is 9.05 Å². The number of hydrogen-bond donors (Lipinski definition) is 0. The molecule has 0 spiro atoms. The molecule has 0 rings (SSSR count). The van der Waals surface area contributed by atoms with Crippen molar-refractivity contribution in [2.75, 3.05) is 80.9 Å². The quantitative estimate of drug-likeness (QED) is 0.0447. The van der Waals surface area contributed by atoms with Gasteiger partial charge in [0, 0.05) is 0 Å². The zero-order valence-electron chi connectivity index (χ0n) is 28.6. The molecule has 0 saturated heterocycles. The Hall–Kier alpha value is 0.220. The Labute approximate surface area is 261 Å². The fraction of sp³-hybridized carbons (Fsp3) is 1.00. The fourth-order valence-electron chi connectivity index (χ4n) is 4.77. The first-order chi connectivity index (χ1) is 19.6. The second kappa shape index (κ2) is 24.5.